The maximum absolute atomic E-state index is 14.1. The van der Waals surface area contributed by atoms with Gasteiger partial charge in [0.25, 0.3) is 5.91 Å². The van der Waals surface area contributed by atoms with Crippen LogP contribution in [0.2, 0.25) is 0 Å². The zero-order valence-corrected chi connectivity index (χ0v) is 25.3. The average Bonchev–Trinajstić information content (AvgIpc) is 3.74. The molecule has 3 amide bonds. The maximum Gasteiger partial charge on any atom is 0.271 e. The predicted octanol–water partition coefficient (Wildman–Crippen LogP) is 3.50. The minimum Gasteiger partial charge on any atom is -0.490 e. The highest BCUT2D eigenvalue weighted by Crippen LogP contribution is 2.36. The normalized spacial score (nSPS) is 21.1. The molecular formula is C32H35N5O5S. The molecule has 6 rings (SSSR count). The lowest BCUT2D eigenvalue weighted by atomic mass is 10.0. The van der Waals surface area contributed by atoms with Gasteiger partial charge >= 0.3 is 0 Å². The summed E-state index contributed by atoms with van der Waals surface area (Å²) in [5.74, 6) is -0.0281. The molecule has 1 fully saturated rings. The van der Waals surface area contributed by atoms with Crippen LogP contribution in [-0.2, 0) is 27.8 Å². The Balaban J connectivity index is 1.28. The van der Waals surface area contributed by atoms with Gasteiger partial charge in [0.1, 0.15) is 29.8 Å². The van der Waals surface area contributed by atoms with Crippen molar-refractivity contribution in [3.05, 3.63) is 71.2 Å². The first kappa shape index (κ1) is 28.9. The van der Waals surface area contributed by atoms with Gasteiger partial charge in [0.15, 0.2) is 0 Å². The van der Waals surface area contributed by atoms with E-state index in [0.717, 1.165) is 21.2 Å². The van der Waals surface area contributed by atoms with Crippen LogP contribution >= 0.6 is 11.3 Å². The number of nitrogens with one attached hydrogen (secondary N) is 1. The molecule has 2 aromatic carbocycles. The van der Waals surface area contributed by atoms with Gasteiger partial charge in [-0.25, -0.2) is 0 Å². The van der Waals surface area contributed by atoms with Crippen molar-refractivity contribution in [2.45, 2.75) is 37.5 Å². The second kappa shape index (κ2) is 12.2. The highest BCUT2D eigenvalue weighted by Gasteiger charge is 2.39. The molecule has 0 aliphatic carbocycles. The van der Waals surface area contributed by atoms with Crippen molar-refractivity contribution in [1.29, 1.82) is 0 Å². The number of fused-ring (bicyclic) bond motifs is 6. The summed E-state index contributed by atoms with van der Waals surface area (Å²) < 4.78 is 13.5. The molecular weight excluding hydrogens is 566 g/mol. The summed E-state index contributed by atoms with van der Waals surface area (Å²) in [5, 5.41) is 11.7. The van der Waals surface area contributed by atoms with Crippen LogP contribution in [0.25, 0.3) is 21.3 Å². The van der Waals surface area contributed by atoms with Crippen LogP contribution < -0.4 is 10.1 Å². The molecule has 0 spiro atoms. The van der Waals surface area contributed by atoms with E-state index in [4.69, 9.17) is 9.47 Å². The van der Waals surface area contributed by atoms with Gasteiger partial charge in [-0.05, 0) is 46.7 Å². The van der Waals surface area contributed by atoms with Crippen molar-refractivity contribution < 1.29 is 23.9 Å². The second-order valence-electron chi connectivity index (χ2n) is 11.2. The van der Waals surface area contributed by atoms with E-state index in [1.807, 2.05) is 53.9 Å². The van der Waals surface area contributed by atoms with E-state index >= 15 is 0 Å². The summed E-state index contributed by atoms with van der Waals surface area (Å²) in [4.78, 5) is 45.1. The number of amides is 3. The van der Waals surface area contributed by atoms with Crippen LogP contribution in [0.15, 0.2) is 60.0 Å². The molecule has 43 heavy (non-hydrogen) atoms. The molecule has 0 radical (unpaired) electrons. The zero-order chi connectivity index (χ0) is 30.1. The zero-order valence-electron chi connectivity index (χ0n) is 24.5. The smallest absolute Gasteiger partial charge is 0.271 e. The molecule has 2 aliphatic heterocycles. The molecule has 4 aromatic rings. The van der Waals surface area contributed by atoms with Crippen molar-refractivity contribution in [1.82, 2.24) is 24.9 Å². The molecule has 3 atom stereocenters. The first-order chi connectivity index (χ1) is 20.8. The Morgan fingerprint density at radius 1 is 1.12 bits per heavy atom. The molecule has 2 aromatic heterocycles. The van der Waals surface area contributed by atoms with Gasteiger partial charge < -0.3 is 24.6 Å². The number of carbonyl (C=O) groups excluding carboxylic acids is 3. The second-order valence-corrected chi connectivity index (χ2v) is 12.1. The van der Waals surface area contributed by atoms with Crippen LogP contribution in [0.3, 0.4) is 0 Å². The van der Waals surface area contributed by atoms with E-state index in [1.54, 1.807) is 41.8 Å². The lowest BCUT2D eigenvalue weighted by Gasteiger charge is -2.30. The summed E-state index contributed by atoms with van der Waals surface area (Å²) in [7, 11) is 5.08. The summed E-state index contributed by atoms with van der Waals surface area (Å²) in [5.41, 5.74) is 1.95. The summed E-state index contributed by atoms with van der Waals surface area (Å²) >= 11 is 1.49. The van der Waals surface area contributed by atoms with E-state index < -0.39 is 6.04 Å². The van der Waals surface area contributed by atoms with Crippen molar-refractivity contribution in [3.8, 4) is 16.3 Å². The van der Waals surface area contributed by atoms with Crippen molar-refractivity contribution in [3.63, 3.8) is 0 Å². The van der Waals surface area contributed by atoms with Gasteiger partial charge in [-0.2, -0.15) is 5.10 Å². The molecule has 10 nitrogen and oxygen atoms in total. The minimum atomic E-state index is -0.828. The molecule has 224 valence electrons. The Labute approximate surface area is 254 Å². The molecule has 1 N–H and O–H groups in total. The number of hydrogen-bond acceptors (Lipinski definition) is 7. The Kier molecular flexibility index (Phi) is 8.18. The topological polar surface area (TPSA) is 106 Å². The Hall–Kier alpha value is -4.22. The van der Waals surface area contributed by atoms with E-state index in [9.17, 15) is 14.4 Å². The Morgan fingerprint density at radius 2 is 1.93 bits per heavy atom. The lowest BCUT2D eigenvalue weighted by molar-refractivity contribution is -0.138. The van der Waals surface area contributed by atoms with Gasteiger partial charge in [0.2, 0.25) is 11.8 Å². The van der Waals surface area contributed by atoms with Gasteiger partial charge in [-0.1, -0.05) is 42.5 Å². The first-order valence-electron chi connectivity index (χ1n) is 14.4. The number of benzene rings is 2. The summed E-state index contributed by atoms with van der Waals surface area (Å²) in [6, 6.07) is 16.5. The summed E-state index contributed by atoms with van der Waals surface area (Å²) in [6.07, 6.45) is 0.862. The predicted molar refractivity (Wildman–Crippen MR) is 164 cm³/mol. The van der Waals surface area contributed by atoms with E-state index in [0.29, 0.717) is 30.1 Å². The number of aromatic nitrogens is 2. The third kappa shape index (κ3) is 6.00. The van der Waals surface area contributed by atoms with Crippen molar-refractivity contribution in [2.75, 3.05) is 33.9 Å². The summed E-state index contributed by atoms with van der Waals surface area (Å²) in [6.45, 7) is 0.930. The standard InChI is InChI=1S/C32H35N5O5S/c1-35-12-10-25(33-29(38)15-20-8-9-21-6-4-5-7-22(21)14-20)31(39)37-18-24(41-3)16-23(37)19-42-28-11-13-43-30(28)26-17-27(32(35)40)36(2)34-26/h4-9,11,13-14,17,23-25H,10,12,15-16,18-19H2,1-3H3,(H,33,38). The maximum atomic E-state index is 14.1. The third-order valence-electron chi connectivity index (χ3n) is 8.30. The van der Waals surface area contributed by atoms with Gasteiger partial charge in [-0.15, -0.1) is 11.3 Å². The van der Waals surface area contributed by atoms with Gasteiger partial charge in [0.05, 0.1) is 23.4 Å². The monoisotopic (exact) mass is 601 g/mol. The number of carbonyl (C=O) groups is 3. The number of ether oxygens (including phenoxy) is 2. The number of aryl methyl sites for hydroxylation is 1. The number of hydrogen-bond donors (Lipinski definition) is 1. The van der Waals surface area contributed by atoms with Crippen LogP contribution in [0.1, 0.15) is 28.9 Å². The molecule has 3 unspecified atom stereocenters. The lowest BCUT2D eigenvalue weighted by Crippen LogP contribution is -2.52. The third-order valence-corrected chi connectivity index (χ3v) is 9.21. The number of thiophene rings is 1. The molecule has 2 aliphatic rings. The van der Waals surface area contributed by atoms with Crippen molar-refractivity contribution >= 4 is 39.8 Å². The fraction of sp³-hybridized carbons (Fsp3) is 0.375. The highest BCUT2D eigenvalue weighted by atomic mass is 32.1. The SMILES string of the molecule is COC1CC2COc3ccsc3-c3cc(n(C)n3)C(=O)N(C)CCC(NC(=O)Cc3ccc4ccccc4c3)C(=O)N2C1. The van der Waals surface area contributed by atoms with Crippen molar-refractivity contribution in [2.24, 2.45) is 7.05 Å². The molecule has 0 saturated carbocycles. The largest absolute Gasteiger partial charge is 0.490 e. The Bertz CT molecular complexity index is 1660. The Morgan fingerprint density at radius 3 is 2.74 bits per heavy atom. The average molecular weight is 602 g/mol. The van der Waals surface area contributed by atoms with E-state index in [-0.39, 0.29) is 55.9 Å². The van der Waals surface area contributed by atoms with Gasteiger partial charge in [-0.3, -0.25) is 19.1 Å². The fourth-order valence-electron chi connectivity index (χ4n) is 5.89. The van der Waals surface area contributed by atoms with Crippen LogP contribution in [0.5, 0.6) is 5.75 Å². The first-order valence-corrected chi connectivity index (χ1v) is 15.3. The molecule has 1 saturated heterocycles. The number of rotatable bonds is 4. The fourth-order valence-corrected chi connectivity index (χ4v) is 6.68. The van der Waals surface area contributed by atoms with E-state index in [2.05, 4.69) is 10.4 Å². The molecule has 11 heteroatoms. The van der Waals surface area contributed by atoms with Gasteiger partial charge in [0, 0.05) is 34.3 Å². The molecule has 2 bridgehead atoms. The van der Waals surface area contributed by atoms with Crippen LogP contribution in [0.4, 0.5) is 0 Å². The van der Waals surface area contributed by atoms with Crippen LogP contribution in [0, 0.1) is 0 Å². The highest BCUT2D eigenvalue weighted by molar-refractivity contribution is 7.14. The minimum absolute atomic E-state index is 0.134. The number of nitrogens with zero attached hydrogens (tertiary/aromatic N) is 4. The number of methoxy groups -OCH3 is 1. The van der Waals surface area contributed by atoms with Crippen LogP contribution in [-0.4, -0.2) is 89.3 Å². The quantitative estimate of drug-likeness (QED) is 0.384. The molecule has 4 heterocycles. The van der Waals surface area contributed by atoms with E-state index in [1.165, 1.54) is 11.3 Å².